The molecule has 0 fully saturated rings. The number of thiophene rings is 1. The lowest BCUT2D eigenvalue weighted by Gasteiger charge is -2.33. The first-order chi connectivity index (χ1) is 9.89. The zero-order chi connectivity index (χ0) is 15.2. The Bertz CT molecular complexity index is 783. The van der Waals surface area contributed by atoms with Crippen LogP contribution in [0.5, 0.6) is 0 Å². The average Bonchev–Trinajstić information content (AvgIpc) is 2.87. The van der Waals surface area contributed by atoms with E-state index in [1.54, 1.807) is 18.2 Å². The van der Waals surface area contributed by atoms with Crippen LogP contribution >= 0.6 is 11.3 Å². The standard InChI is InChI=1S/C15H16FNO2S2/c1-10-3-6-15(20-10)21(18,19)17-8-7-12-4-5-13(16)9-14(12)11(17)2/h3-6,9,11H,7-8H2,1-2H3. The molecule has 112 valence electrons. The number of aryl methyl sites for hydroxylation is 1. The Morgan fingerprint density at radius 1 is 1.29 bits per heavy atom. The van der Waals surface area contributed by atoms with Gasteiger partial charge < -0.3 is 0 Å². The van der Waals surface area contributed by atoms with Gasteiger partial charge in [-0.2, -0.15) is 4.31 Å². The van der Waals surface area contributed by atoms with Crippen molar-refractivity contribution in [2.45, 2.75) is 30.5 Å². The first-order valence-corrected chi connectivity index (χ1v) is 9.02. The Hall–Kier alpha value is -1.24. The molecule has 1 aliphatic heterocycles. The van der Waals surface area contributed by atoms with E-state index in [9.17, 15) is 12.8 Å². The van der Waals surface area contributed by atoms with E-state index in [1.807, 2.05) is 13.8 Å². The van der Waals surface area contributed by atoms with Crippen LogP contribution in [0.25, 0.3) is 0 Å². The summed E-state index contributed by atoms with van der Waals surface area (Å²) >= 11 is 1.27. The SMILES string of the molecule is Cc1ccc(S(=O)(=O)N2CCc3ccc(F)cc3C2C)s1. The summed E-state index contributed by atoms with van der Waals surface area (Å²) in [6, 6.07) is 7.72. The molecule has 3 nitrogen and oxygen atoms in total. The van der Waals surface area contributed by atoms with Gasteiger partial charge in [-0.1, -0.05) is 6.07 Å². The zero-order valence-electron chi connectivity index (χ0n) is 11.8. The molecular weight excluding hydrogens is 309 g/mol. The minimum absolute atomic E-state index is 0.327. The van der Waals surface area contributed by atoms with Crippen LogP contribution < -0.4 is 0 Å². The summed E-state index contributed by atoms with van der Waals surface area (Å²) in [5.74, 6) is -0.327. The molecule has 1 unspecified atom stereocenters. The van der Waals surface area contributed by atoms with E-state index in [1.165, 1.54) is 27.8 Å². The summed E-state index contributed by atoms with van der Waals surface area (Å²) in [4.78, 5) is 0.963. The van der Waals surface area contributed by atoms with Gasteiger partial charge >= 0.3 is 0 Å². The lowest BCUT2D eigenvalue weighted by molar-refractivity contribution is 0.326. The monoisotopic (exact) mass is 325 g/mol. The molecule has 0 aliphatic carbocycles. The van der Waals surface area contributed by atoms with Crippen LogP contribution in [0.15, 0.2) is 34.5 Å². The van der Waals surface area contributed by atoms with Crippen LogP contribution in [-0.2, 0) is 16.4 Å². The highest BCUT2D eigenvalue weighted by Gasteiger charge is 2.34. The van der Waals surface area contributed by atoms with Crippen molar-refractivity contribution < 1.29 is 12.8 Å². The van der Waals surface area contributed by atoms with Gasteiger partial charge in [-0.15, -0.1) is 11.3 Å². The Balaban J connectivity index is 2.01. The highest BCUT2D eigenvalue weighted by atomic mass is 32.2. The molecule has 2 heterocycles. The van der Waals surface area contributed by atoms with E-state index in [-0.39, 0.29) is 11.9 Å². The number of rotatable bonds is 2. The molecule has 3 rings (SSSR count). The Labute approximate surface area is 128 Å². The van der Waals surface area contributed by atoms with Crippen molar-refractivity contribution in [3.8, 4) is 0 Å². The van der Waals surface area contributed by atoms with Gasteiger partial charge in [0.1, 0.15) is 10.0 Å². The summed E-state index contributed by atoms with van der Waals surface area (Å²) in [6.45, 7) is 4.13. The second-order valence-electron chi connectivity index (χ2n) is 5.25. The third-order valence-corrected chi connectivity index (χ3v) is 7.31. The molecule has 0 radical (unpaired) electrons. The summed E-state index contributed by atoms with van der Waals surface area (Å²) in [5, 5.41) is 0. The highest BCUT2D eigenvalue weighted by Crippen LogP contribution is 2.35. The van der Waals surface area contributed by atoms with E-state index < -0.39 is 10.0 Å². The molecule has 0 saturated heterocycles. The number of sulfonamides is 1. The van der Waals surface area contributed by atoms with Crippen molar-refractivity contribution in [1.82, 2.24) is 4.31 Å². The molecule has 1 aliphatic rings. The van der Waals surface area contributed by atoms with Crippen molar-refractivity contribution in [3.05, 3.63) is 52.2 Å². The molecule has 1 atom stereocenters. The first-order valence-electron chi connectivity index (χ1n) is 6.76. The maximum Gasteiger partial charge on any atom is 0.253 e. The first kappa shape index (κ1) is 14.7. The molecule has 1 aromatic carbocycles. The number of nitrogens with zero attached hydrogens (tertiary/aromatic N) is 1. The molecule has 6 heteroatoms. The number of hydrogen-bond acceptors (Lipinski definition) is 3. The van der Waals surface area contributed by atoms with Crippen LogP contribution in [0, 0.1) is 12.7 Å². The lowest BCUT2D eigenvalue weighted by Crippen LogP contribution is -2.38. The minimum Gasteiger partial charge on any atom is -0.207 e. The van der Waals surface area contributed by atoms with Crippen molar-refractivity contribution in [2.75, 3.05) is 6.54 Å². The predicted octanol–water partition coefficient (Wildman–Crippen LogP) is 3.50. The van der Waals surface area contributed by atoms with E-state index >= 15 is 0 Å². The van der Waals surface area contributed by atoms with Crippen LogP contribution in [0.3, 0.4) is 0 Å². The summed E-state index contributed by atoms with van der Waals surface area (Å²) < 4.78 is 40.8. The van der Waals surface area contributed by atoms with Crippen molar-refractivity contribution in [2.24, 2.45) is 0 Å². The fourth-order valence-electron chi connectivity index (χ4n) is 2.76. The molecule has 0 amide bonds. The largest absolute Gasteiger partial charge is 0.253 e. The van der Waals surface area contributed by atoms with Crippen LogP contribution in [-0.4, -0.2) is 19.3 Å². The number of halogens is 1. The molecule has 1 aromatic heterocycles. The van der Waals surface area contributed by atoms with Gasteiger partial charge in [-0.05, 0) is 55.7 Å². The van der Waals surface area contributed by atoms with Crippen molar-refractivity contribution in [1.29, 1.82) is 0 Å². The molecular formula is C15H16FNO2S2. The van der Waals surface area contributed by atoms with Gasteiger partial charge in [-0.3, -0.25) is 0 Å². The van der Waals surface area contributed by atoms with Gasteiger partial charge in [0, 0.05) is 17.5 Å². The van der Waals surface area contributed by atoms with Crippen LogP contribution in [0.2, 0.25) is 0 Å². The average molecular weight is 325 g/mol. The molecule has 21 heavy (non-hydrogen) atoms. The predicted molar refractivity (Wildman–Crippen MR) is 81.5 cm³/mol. The third kappa shape index (κ3) is 2.52. The molecule has 0 saturated carbocycles. The quantitative estimate of drug-likeness (QED) is 0.847. The van der Waals surface area contributed by atoms with E-state index in [4.69, 9.17) is 0 Å². The van der Waals surface area contributed by atoms with Gasteiger partial charge in [0.25, 0.3) is 10.0 Å². The van der Waals surface area contributed by atoms with E-state index in [0.717, 1.165) is 16.0 Å². The maximum atomic E-state index is 13.5. The Kier molecular flexibility index (Phi) is 3.63. The fraction of sp³-hybridized carbons (Fsp3) is 0.333. The smallest absolute Gasteiger partial charge is 0.207 e. The second kappa shape index (κ2) is 5.19. The van der Waals surface area contributed by atoms with Gasteiger partial charge in [0.05, 0.1) is 0 Å². The number of hydrogen-bond donors (Lipinski definition) is 0. The van der Waals surface area contributed by atoms with E-state index in [2.05, 4.69) is 0 Å². The van der Waals surface area contributed by atoms with Gasteiger partial charge in [0.15, 0.2) is 0 Å². The maximum absolute atomic E-state index is 13.5. The molecule has 2 aromatic rings. The fourth-order valence-corrected chi connectivity index (χ4v) is 5.78. The van der Waals surface area contributed by atoms with Gasteiger partial charge in [-0.25, -0.2) is 12.8 Å². The molecule has 0 bridgehead atoms. The lowest BCUT2D eigenvalue weighted by atomic mass is 9.95. The van der Waals surface area contributed by atoms with Crippen molar-refractivity contribution in [3.63, 3.8) is 0 Å². The van der Waals surface area contributed by atoms with Gasteiger partial charge in [0.2, 0.25) is 0 Å². The van der Waals surface area contributed by atoms with Crippen LogP contribution in [0.4, 0.5) is 4.39 Å². The number of benzene rings is 1. The second-order valence-corrected chi connectivity index (χ2v) is 8.66. The van der Waals surface area contributed by atoms with E-state index in [0.29, 0.717) is 17.2 Å². The zero-order valence-corrected chi connectivity index (χ0v) is 13.5. The number of fused-ring (bicyclic) bond motifs is 1. The van der Waals surface area contributed by atoms with Crippen LogP contribution in [0.1, 0.15) is 29.0 Å². The minimum atomic E-state index is -3.52. The summed E-state index contributed by atoms with van der Waals surface area (Å²) in [7, 11) is -3.52. The highest BCUT2D eigenvalue weighted by molar-refractivity contribution is 7.91. The topological polar surface area (TPSA) is 37.4 Å². The molecule has 0 spiro atoms. The normalized spacial score (nSPS) is 19.5. The third-order valence-electron chi connectivity index (χ3n) is 3.87. The summed E-state index contributed by atoms with van der Waals surface area (Å²) in [6.07, 6.45) is 0.615. The Morgan fingerprint density at radius 2 is 2.05 bits per heavy atom. The summed E-state index contributed by atoms with van der Waals surface area (Å²) in [5.41, 5.74) is 1.79. The molecule has 0 N–H and O–H groups in total. The Morgan fingerprint density at radius 3 is 2.71 bits per heavy atom. The van der Waals surface area contributed by atoms with Crippen molar-refractivity contribution >= 4 is 21.4 Å².